The van der Waals surface area contributed by atoms with Gasteiger partial charge in [-0.3, -0.25) is 4.79 Å². The number of nitrogens with one attached hydrogen (secondary N) is 2. The summed E-state index contributed by atoms with van der Waals surface area (Å²) >= 11 is 12.0. The number of halogens is 2. The second kappa shape index (κ2) is 8.89. The van der Waals surface area contributed by atoms with Gasteiger partial charge in [-0.15, -0.1) is 0 Å². The summed E-state index contributed by atoms with van der Waals surface area (Å²) in [4.78, 5) is 13.2. The molecule has 0 aliphatic carbocycles. The third-order valence-corrected chi connectivity index (χ3v) is 7.36. The van der Waals surface area contributed by atoms with E-state index >= 15 is 0 Å². The summed E-state index contributed by atoms with van der Waals surface area (Å²) in [6.45, 7) is 8.27. The second-order valence-corrected chi connectivity index (χ2v) is 9.76. The quantitative estimate of drug-likeness (QED) is 0.719. The highest BCUT2D eigenvalue weighted by atomic mass is 35.5. The van der Waals surface area contributed by atoms with Gasteiger partial charge >= 0.3 is 0 Å². The molecule has 0 aromatic heterocycles. The molecule has 1 atom stereocenters. The molecule has 0 unspecified atom stereocenters. The molecular formula is C17H26Cl2N3O3S+. The molecule has 1 aliphatic rings. The summed E-state index contributed by atoms with van der Waals surface area (Å²) in [6, 6.07) is 4.54. The Morgan fingerprint density at radius 1 is 1.23 bits per heavy atom. The van der Waals surface area contributed by atoms with Gasteiger partial charge in [0, 0.05) is 11.1 Å². The van der Waals surface area contributed by atoms with Crippen molar-refractivity contribution in [2.45, 2.75) is 31.7 Å². The lowest BCUT2D eigenvalue weighted by molar-refractivity contribution is -0.895. The van der Waals surface area contributed by atoms with Crippen LogP contribution in [0.4, 0.5) is 0 Å². The molecule has 1 aliphatic heterocycles. The van der Waals surface area contributed by atoms with Crippen molar-refractivity contribution in [3.8, 4) is 0 Å². The van der Waals surface area contributed by atoms with E-state index in [1.54, 1.807) is 6.07 Å². The van der Waals surface area contributed by atoms with Crippen molar-refractivity contribution in [3.05, 3.63) is 28.2 Å². The summed E-state index contributed by atoms with van der Waals surface area (Å²) in [6.07, 6.45) is 0. The lowest BCUT2D eigenvalue weighted by Crippen LogP contribution is -3.15. The number of sulfonamides is 1. The summed E-state index contributed by atoms with van der Waals surface area (Å²) in [5.74, 6) is 0.369. The first-order valence-corrected chi connectivity index (χ1v) is 10.9. The molecule has 1 aromatic rings. The van der Waals surface area contributed by atoms with E-state index in [2.05, 4.69) is 19.2 Å². The van der Waals surface area contributed by atoms with Crippen molar-refractivity contribution >= 4 is 39.1 Å². The zero-order chi connectivity index (χ0) is 19.5. The smallest absolute Gasteiger partial charge is 0.275 e. The number of benzene rings is 1. The van der Waals surface area contributed by atoms with Crippen molar-refractivity contribution in [2.75, 3.05) is 32.7 Å². The Hall–Kier alpha value is -0.860. The molecule has 1 aromatic carbocycles. The highest BCUT2D eigenvalue weighted by Crippen LogP contribution is 2.27. The van der Waals surface area contributed by atoms with Crippen molar-refractivity contribution in [3.63, 3.8) is 0 Å². The molecule has 1 amide bonds. The molecule has 9 heteroatoms. The minimum Gasteiger partial charge on any atom is -0.348 e. The predicted octanol–water partition coefficient (Wildman–Crippen LogP) is 1.04. The fourth-order valence-electron chi connectivity index (χ4n) is 2.73. The molecule has 2 rings (SSSR count). The minimum atomic E-state index is -3.69. The summed E-state index contributed by atoms with van der Waals surface area (Å²) < 4.78 is 27.0. The summed E-state index contributed by atoms with van der Waals surface area (Å²) in [7, 11) is -3.69. The van der Waals surface area contributed by atoms with Crippen LogP contribution in [-0.4, -0.2) is 57.4 Å². The first-order chi connectivity index (χ1) is 12.1. The van der Waals surface area contributed by atoms with Crippen LogP contribution >= 0.6 is 23.2 Å². The molecule has 0 radical (unpaired) electrons. The molecule has 0 bridgehead atoms. The Labute approximate surface area is 165 Å². The molecule has 1 saturated heterocycles. The van der Waals surface area contributed by atoms with E-state index in [1.165, 1.54) is 16.4 Å². The molecule has 2 N–H and O–H groups in total. The van der Waals surface area contributed by atoms with Crippen LogP contribution in [0.25, 0.3) is 0 Å². The molecule has 0 spiro atoms. The van der Waals surface area contributed by atoms with Crippen LogP contribution in [0.2, 0.25) is 10.0 Å². The van der Waals surface area contributed by atoms with Crippen LogP contribution in [0.1, 0.15) is 20.8 Å². The average molecular weight is 423 g/mol. The van der Waals surface area contributed by atoms with Crippen LogP contribution in [0.3, 0.4) is 0 Å². The predicted molar refractivity (Wildman–Crippen MR) is 103 cm³/mol. The number of nitrogens with zero attached hydrogens (tertiary/aromatic N) is 1. The first kappa shape index (κ1) is 21.4. The number of hydrogen-bond acceptors (Lipinski definition) is 3. The molecule has 1 heterocycles. The Kier molecular flexibility index (Phi) is 7.33. The molecule has 6 nitrogen and oxygen atoms in total. The lowest BCUT2D eigenvalue weighted by Gasteiger charge is -2.31. The molecule has 1 fully saturated rings. The first-order valence-electron chi connectivity index (χ1n) is 8.69. The van der Waals surface area contributed by atoms with Gasteiger partial charge in [0.25, 0.3) is 5.91 Å². The van der Waals surface area contributed by atoms with E-state index in [-0.39, 0.29) is 21.9 Å². The van der Waals surface area contributed by atoms with Gasteiger partial charge in [-0.2, -0.15) is 4.31 Å². The SMILES string of the molecule is CC(C)[C@H](C)NC(=O)C[NH+]1CCN(S(=O)(=O)c2cc(Cl)ccc2Cl)CC1. The van der Waals surface area contributed by atoms with Gasteiger partial charge in [0.1, 0.15) is 4.90 Å². The minimum absolute atomic E-state index is 0.00427. The average Bonchev–Trinajstić information content (AvgIpc) is 2.57. The lowest BCUT2D eigenvalue weighted by atomic mass is 10.1. The second-order valence-electron chi connectivity index (χ2n) is 7.01. The number of quaternary nitrogens is 1. The van der Waals surface area contributed by atoms with Gasteiger partial charge in [-0.05, 0) is 31.0 Å². The Morgan fingerprint density at radius 3 is 2.42 bits per heavy atom. The van der Waals surface area contributed by atoms with E-state index in [0.717, 1.165) is 4.90 Å². The molecule has 146 valence electrons. The van der Waals surface area contributed by atoms with Crippen LogP contribution in [0, 0.1) is 5.92 Å². The van der Waals surface area contributed by atoms with Gasteiger partial charge in [0.15, 0.2) is 6.54 Å². The van der Waals surface area contributed by atoms with E-state index < -0.39 is 10.0 Å². The van der Waals surface area contributed by atoms with Gasteiger partial charge < -0.3 is 10.2 Å². The zero-order valence-electron chi connectivity index (χ0n) is 15.3. The highest BCUT2D eigenvalue weighted by molar-refractivity contribution is 7.89. The van der Waals surface area contributed by atoms with Crippen molar-refractivity contribution < 1.29 is 18.1 Å². The van der Waals surface area contributed by atoms with Gasteiger partial charge in [0.05, 0.1) is 31.2 Å². The largest absolute Gasteiger partial charge is 0.348 e. The third-order valence-electron chi connectivity index (χ3n) is 4.74. The standard InChI is InChI=1S/C17H25Cl2N3O3S/c1-12(2)13(3)20-17(23)11-21-6-8-22(9-7-21)26(24,25)16-10-14(18)4-5-15(16)19/h4-5,10,12-13H,6-9,11H2,1-3H3,(H,20,23)/p+1/t13-/m0/s1. The Bertz CT molecular complexity index is 748. The monoisotopic (exact) mass is 422 g/mol. The summed E-state index contributed by atoms with van der Waals surface area (Å²) in [5.41, 5.74) is 0. The zero-order valence-corrected chi connectivity index (χ0v) is 17.6. The number of amides is 1. The van der Waals surface area contributed by atoms with Gasteiger partial charge in [-0.1, -0.05) is 37.0 Å². The summed E-state index contributed by atoms with van der Waals surface area (Å²) in [5, 5.41) is 3.47. The fourth-order valence-corrected chi connectivity index (χ4v) is 4.91. The van der Waals surface area contributed by atoms with E-state index in [0.29, 0.717) is 43.7 Å². The van der Waals surface area contributed by atoms with E-state index in [1.807, 2.05) is 6.92 Å². The van der Waals surface area contributed by atoms with E-state index in [9.17, 15) is 13.2 Å². The fraction of sp³-hybridized carbons (Fsp3) is 0.588. The van der Waals surface area contributed by atoms with Crippen molar-refractivity contribution in [1.29, 1.82) is 0 Å². The number of hydrogen-bond donors (Lipinski definition) is 2. The normalized spacial score (nSPS) is 18.1. The maximum absolute atomic E-state index is 12.8. The maximum atomic E-state index is 12.8. The molecular weight excluding hydrogens is 397 g/mol. The van der Waals surface area contributed by atoms with Gasteiger partial charge in [0.2, 0.25) is 10.0 Å². The Balaban J connectivity index is 1.95. The maximum Gasteiger partial charge on any atom is 0.275 e. The third kappa shape index (κ3) is 5.33. The number of carbonyl (C=O) groups excluding carboxylic acids is 1. The Morgan fingerprint density at radius 2 is 1.85 bits per heavy atom. The van der Waals surface area contributed by atoms with E-state index in [4.69, 9.17) is 23.2 Å². The van der Waals surface area contributed by atoms with Crippen LogP contribution in [0.15, 0.2) is 23.1 Å². The number of carbonyl (C=O) groups is 1. The van der Waals surface area contributed by atoms with Crippen LogP contribution in [0.5, 0.6) is 0 Å². The van der Waals surface area contributed by atoms with Crippen LogP contribution in [-0.2, 0) is 14.8 Å². The molecule has 0 saturated carbocycles. The number of rotatable bonds is 6. The highest BCUT2D eigenvalue weighted by Gasteiger charge is 2.32. The number of piperazine rings is 1. The van der Waals surface area contributed by atoms with Crippen molar-refractivity contribution in [2.24, 2.45) is 5.92 Å². The van der Waals surface area contributed by atoms with Crippen molar-refractivity contribution in [1.82, 2.24) is 9.62 Å². The van der Waals surface area contributed by atoms with Gasteiger partial charge in [-0.25, -0.2) is 8.42 Å². The topological polar surface area (TPSA) is 70.9 Å². The molecule has 26 heavy (non-hydrogen) atoms. The van der Waals surface area contributed by atoms with Crippen LogP contribution < -0.4 is 10.2 Å².